The molecule has 2 aromatic heterocycles. The van der Waals surface area contributed by atoms with Crippen LogP contribution in [0.2, 0.25) is 0 Å². The number of cyclic esters (lactones) is 8. The average molecular weight is 1770 g/mol. The first-order chi connectivity index (χ1) is 58.3. The van der Waals surface area contributed by atoms with Crippen LogP contribution >= 0.6 is 12.6 Å². The molecule has 0 bridgehead atoms. The minimum atomic E-state index is -0.599. The molecule has 6 unspecified atom stereocenters. The van der Waals surface area contributed by atoms with Crippen molar-refractivity contribution in [2.75, 3.05) is 12.4 Å². The quantitative estimate of drug-likeness (QED) is 0.0419. The van der Waals surface area contributed by atoms with E-state index >= 15 is 0 Å². The second kappa shape index (κ2) is 55.8. The maximum absolute atomic E-state index is 11.4. The van der Waals surface area contributed by atoms with Crippen molar-refractivity contribution in [1.29, 1.82) is 0 Å². The summed E-state index contributed by atoms with van der Waals surface area (Å²) >= 11 is 3.87. The summed E-state index contributed by atoms with van der Waals surface area (Å²) in [6.07, 6.45) is 13.5. The van der Waals surface area contributed by atoms with Crippen LogP contribution in [-0.2, 0) is 89.0 Å². The van der Waals surface area contributed by atoms with E-state index in [-0.39, 0.29) is 65.9 Å². The molecule has 26 heteroatoms. The number of nitrogens with two attached hydrogens (primary N) is 1. The van der Waals surface area contributed by atoms with Gasteiger partial charge in [-0.15, -0.1) is 0 Å². The molecule has 0 radical (unpaired) electrons. The lowest BCUT2D eigenvalue weighted by molar-refractivity contribution is -0.146. The van der Waals surface area contributed by atoms with E-state index in [4.69, 9.17) is 66.0 Å². The highest BCUT2D eigenvalue weighted by Gasteiger charge is 2.35. The minimum absolute atomic E-state index is 0.0521. The zero-order chi connectivity index (χ0) is 95.1. The normalized spacial score (nSPS) is 17.5. The number of esters is 9. The lowest BCUT2D eigenvalue weighted by Crippen LogP contribution is -2.34. The van der Waals surface area contributed by atoms with Gasteiger partial charge in [0.2, 0.25) is 0 Å². The van der Waals surface area contributed by atoms with Crippen molar-refractivity contribution in [3.05, 3.63) is 185 Å². The van der Waals surface area contributed by atoms with Gasteiger partial charge in [0.25, 0.3) is 0 Å². The smallest absolute Gasteiger partial charge is 0.464 e. The highest BCUT2D eigenvalue weighted by Crippen LogP contribution is 2.38. The predicted molar refractivity (Wildman–Crippen MR) is 484 cm³/mol. The number of allylic oxidation sites excluding steroid dienone is 6. The van der Waals surface area contributed by atoms with Gasteiger partial charge in [0.05, 0.1) is 56.3 Å². The maximum Gasteiger partial charge on any atom is 0.519 e. The van der Waals surface area contributed by atoms with Crippen LogP contribution in [-0.4, -0.2) is 72.1 Å². The van der Waals surface area contributed by atoms with E-state index in [0.29, 0.717) is 163 Å². The van der Waals surface area contributed by atoms with Gasteiger partial charge in [0.15, 0.2) is 0 Å². The number of rotatable bonds is 22. The van der Waals surface area contributed by atoms with E-state index in [9.17, 15) is 52.7 Å². The van der Waals surface area contributed by atoms with Crippen molar-refractivity contribution in [3.63, 3.8) is 0 Å². The van der Waals surface area contributed by atoms with Crippen molar-refractivity contribution < 1.29 is 103 Å². The van der Waals surface area contributed by atoms with E-state index < -0.39 is 17.7 Å². The second-order valence-electron chi connectivity index (χ2n) is 36.4. The maximum atomic E-state index is 11.4. The molecule has 12 rings (SSSR count). The molecule has 0 saturated heterocycles. The Morgan fingerprint density at radius 3 is 0.936 bits per heavy atom. The average Bonchev–Trinajstić information content (AvgIpc) is 1.66. The lowest BCUT2D eigenvalue weighted by Gasteiger charge is -2.16. The molecule has 0 fully saturated rings. The summed E-state index contributed by atoms with van der Waals surface area (Å²) < 4.78 is 64.4. The molecule has 8 aliphatic rings. The van der Waals surface area contributed by atoms with Crippen molar-refractivity contribution in [3.8, 4) is 0 Å². The molecule has 4 aromatic rings. The Balaban J connectivity index is 0.000000466. The molecule has 0 amide bonds. The molecule has 2 N–H and O–H groups in total. The summed E-state index contributed by atoms with van der Waals surface area (Å²) in [6.45, 7) is 62.1. The van der Waals surface area contributed by atoms with E-state index in [1.165, 1.54) is 0 Å². The third-order valence-corrected chi connectivity index (χ3v) is 20.9. The molecule has 698 valence electrons. The lowest BCUT2D eigenvalue weighted by atomic mass is 9.94. The Labute approximate surface area is 748 Å². The molecule has 0 saturated carbocycles. The van der Waals surface area contributed by atoms with Crippen molar-refractivity contribution in [2.45, 2.75) is 290 Å². The third kappa shape index (κ3) is 41.2. The molecule has 125 heavy (non-hydrogen) atoms. The van der Waals surface area contributed by atoms with E-state index in [1.807, 2.05) is 101 Å². The van der Waals surface area contributed by atoms with E-state index in [2.05, 4.69) is 179 Å². The van der Waals surface area contributed by atoms with Crippen LogP contribution in [0.5, 0.6) is 0 Å². The van der Waals surface area contributed by atoms with Crippen LogP contribution in [0, 0.1) is 103 Å². The van der Waals surface area contributed by atoms with Crippen molar-refractivity contribution in [1.82, 2.24) is 0 Å². The predicted octanol–water partition coefficient (Wildman–Crippen LogP) is 22.0. The van der Waals surface area contributed by atoms with Gasteiger partial charge < -0.3 is 66.0 Å². The Morgan fingerprint density at radius 2 is 0.704 bits per heavy atom. The van der Waals surface area contributed by atoms with Gasteiger partial charge in [-0.3, -0.25) is 33.6 Å². The van der Waals surface area contributed by atoms with Gasteiger partial charge in [0.1, 0.15) is 75.8 Å². The number of hydrogen-bond acceptors (Lipinski definition) is 26. The van der Waals surface area contributed by atoms with Crippen LogP contribution in [0.3, 0.4) is 0 Å². The number of carbonyl (C=O) groups excluding carboxylic acids is 9. The molecule has 0 spiro atoms. The topological polar surface area (TPSA) is 349 Å². The summed E-state index contributed by atoms with van der Waals surface area (Å²) in [7, 11) is 0. The largest absolute Gasteiger partial charge is 0.519 e. The number of ether oxygens (including phenoxy) is 9. The van der Waals surface area contributed by atoms with Crippen LogP contribution in [0.25, 0.3) is 0 Å². The zero-order valence-electron chi connectivity index (χ0n) is 80.1. The Morgan fingerprint density at radius 1 is 0.392 bits per heavy atom. The molecule has 25 nitrogen and oxygen atoms in total. The molecule has 7 atom stereocenters. The summed E-state index contributed by atoms with van der Waals surface area (Å²) in [5.41, 5.74) is 11.1. The fourth-order valence-corrected chi connectivity index (χ4v) is 12.4. The Kier molecular flexibility index (Phi) is 49.8. The molecule has 0 aliphatic carbocycles. The molecule has 8 aliphatic heterocycles. The van der Waals surface area contributed by atoms with Gasteiger partial charge >= 0.3 is 65.4 Å². The number of carbonyl (C=O) groups is 9. The van der Waals surface area contributed by atoms with E-state index in [0.717, 1.165) is 93.6 Å². The molecule has 10 heterocycles. The van der Waals surface area contributed by atoms with Gasteiger partial charge in [-0.1, -0.05) is 216 Å². The molecule has 2 aromatic carbocycles. The van der Waals surface area contributed by atoms with Crippen LogP contribution < -0.4 is 17.4 Å². The summed E-state index contributed by atoms with van der Waals surface area (Å²) in [5, 5.41) is 0. The summed E-state index contributed by atoms with van der Waals surface area (Å²) in [5.74, 6) is 12.2. The first-order valence-electron chi connectivity index (χ1n) is 44.0. The first kappa shape index (κ1) is 112. The SMILES string of the molecule is CC(C)C(C)C1=CCC(=O)O1.CC(C)C(C)C1=CCC(=O)O1.CC(C)C1OC(=O)c2ccccc21.CC(C)C1OC(=O)c2ccccc21.CC(C)CC1=CCC(=O)O1.CC(C)CC1=CCC(=O)O1.CC(C)COC(=O)[C@@H](N)CS.CC1=C(C(C)C(C)C)OC(=O)C1.CC1=C(C(C)C(C)C)OC(=O)C1.Cc1oc(=O)oc1CC(C)C.Cc1oc(=O)oc1CC(C)C. The highest BCUT2D eigenvalue weighted by atomic mass is 32.1. The minimum Gasteiger partial charge on any atom is -0.464 e. The number of thiol groups is 1. The zero-order valence-corrected chi connectivity index (χ0v) is 81.0. The van der Waals surface area contributed by atoms with Crippen molar-refractivity contribution in [2.24, 2.45) is 94.5 Å². The number of benzene rings is 2. The van der Waals surface area contributed by atoms with Gasteiger partial charge in [0, 0.05) is 66.2 Å². The monoisotopic (exact) mass is 1770 g/mol. The standard InChI is InChI=1S/2C11H12O2.2C10H16O2.2C9H14O2.2C8H12O3.2C8H12O2.C7H15NO2S/c2*1-7(2)10-8-5-3-4-6-9(8)11(12)13-10;2*1-6(2)8(4)10-7(3)5-9(11)12-10;2*1-6(2)7(3)8-4-5-9(10)11-8;2*1-5(2)4-7-6(3)10-8(9)11-7;2*1-6(2)5-7-3-4-8(9)10-7;1-5(2)3-10-7(9)6(8)4-11/h2*3-7,10H,1-2H3;2*6,8H,5H2,1-4H3;2*4,6-7H,5H2,1-3H3;2*5H,4H2,1-3H3;2*3,6H,4-5H2,1-2H3;5-6,11H,3-4,8H2,1-2H3/t;;;;;;;;;;6-/m..........0/s1. The first-order valence-corrected chi connectivity index (χ1v) is 44.6. The van der Waals surface area contributed by atoms with Gasteiger partial charge in [-0.05, 0) is 140 Å². The number of aryl methyl sites for hydroxylation is 2. The van der Waals surface area contributed by atoms with Gasteiger partial charge in [-0.25, -0.2) is 19.2 Å². The fourth-order valence-electron chi connectivity index (χ4n) is 12.2. The third-order valence-electron chi connectivity index (χ3n) is 20.5. The second-order valence-corrected chi connectivity index (χ2v) is 36.7. The van der Waals surface area contributed by atoms with Gasteiger partial charge in [-0.2, -0.15) is 12.6 Å². The Bertz CT molecular complexity index is 4190. The number of hydrogen-bond donors (Lipinski definition) is 2. The van der Waals surface area contributed by atoms with Crippen LogP contribution in [0.4, 0.5) is 0 Å². The molecular weight excluding hydrogens is 1620 g/mol. The van der Waals surface area contributed by atoms with Crippen LogP contribution in [0.15, 0.2) is 146 Å². The molecular formula is C99H147NO24S. The van der Waals surface area contributed by atoms with E-state index in [1.54, 1.807) is 13.8 Å². The fraction of sp³-hybridized carbons (Fsp3) is 0.606. The summed E-state index contributed by atoms with van der Waals surface area (Å²) in [4.78, 5) is 119. The highest BCUT2D eigenvalue weighted by molar-refractivity contribution is 7.80. The van der Waals surface area contributed by atoms with Crippen molar-refractivity contribution >= 4 is 66.4 Å². The number of fused-ring (bicyclic) bond motifs is 2. The summed E-state index contributed by atoms with van der Waals surface area (Å²) in [6, 6.07) is 14.6. The Hall–Kier alpha value is -9.56. The van der Waals surface area contributed by atoms with Crippen LogP contribution in [0.1, 0.15) is 312 Å².